The zero-order chi connectivity index (χ0) is 43.7. The van der Waals surface area contributed by atoms with Gasteiger partial charge in [0.2, 0.25) is 0 Å². The van der Waals surface area contributed by atoms with Crippen molar-refractivity contribution in [1.82, 2.24) is 0 Å². The molecule has 0 aromatic heterocycles. The third-order valence-electron chi connectivity index (χ3n) is 11.4. The van der Waals surface area contributed by atoms with E-state index in [-0.39, 0.29) is 31.1 Å². The van der Waals surface area contributed by atoms with Crippen LogP contribution in [0.1, 0.15) is 271 Å². The molecule has 0 aliphatic rings. The van der Waals surface area contributed by atoms with Crippen LogP contribution >= 0.6 is 0 Å². The zero-order valence-corrected chi connectivity index (χ0v) is 40.0. The molecule has 0 radical (unpaired) electrons. The van der Waals surface area contributed by atoms with Crippen molar-refractivity contribution >= 4 is 17.9 Å². The average Bonchev–Trinajstić information content (AvgIpc) is 3.24. The smallest absolute Gasteiger partial charge is 0.306 e. The van der Waals surface area contributed by atoms with E-state index in [4.69, 9.17) is 14.2 Å². The highest BCUT2D eigenvalue weighted by atomic mass is 16.6. The van der Waals surface area contributed by atoms with Crippen LogP contribution in [0, 0.1) is 0 Å². The molecule has 60 heavy (non-hydrogen) atoms. The highest BCUT2D eigenvalue weighted by molar-refractivity contribution is 5.71. The van der Waals surface area contributed by atoms with Gasteiger partial charge in [-0.3, -0.25) is 14.4 Å². The highest BCUT2D eigenvalue weighted by Gasteiger charge is 2.19. The number of carbonyl (C=O) groups is 3. The SMILES string of the molecule is CCCCC/C=C\C/C=C\CCCCCCCC(=O)OC[C@@H](COC(=O)CCCCCCCCCCCCCCC)OC(=O)CCCCCCC/C=C\CCCCCCC. The third-order valence-corrected chi connectivity index (χ3v) is 11.4. The fourth-order valence-electron chi connectivity index (χ4n) is 7.41. The van der Waals surface area contributed by atoms with Gasteiger partial charge in [0.25, 0.3) is 0 Å². The molecule has 0 spiro atoms. The van der Waals surface area contributed by atoms with Gasteiger partial charge in [0.05, 0.1) is 0 Å². The summed E-state index contributed by atoms with van der Waals surface area (Å²) in [6.45, 7) is 6.60. The van der Waals surface area contributed by atoms with Crippen molar-refractivity contribution in [3.05, 3.63) is 36.5 Å². The van der Waals surface area contributed by atoms with E-state index in [9.17, 15) is 14.4 Å². The Bertz CT molecular complexity index is 1020. The summed E-state index contributed by atoms with van der Waals surface area (Å²) < 4.78 is 16.8. The minimum Gasteiger partial charge on any atom is -0.462 e. The molecule has 6 nitrogen and oxygen atoms in total. The van der Waals surface area contributed by atoms with Crippen LogP contribution in [0.4, 0.5) is 0 Å². The van der Waals surface area contributed by atoms with Crippen LogP contribution < -0.4 is 0 Å². The van der Waals surface area contributed by atoms with Gasteiger partial charge in [-0.05, 0) is 77.0 Å². The maximum Gasteiger partial charge on any atom is 0.306 e. The second-order valence-electron chi connectivity index (χ2n) is 17.4. The predicted octanol–water partition coefficient (Wildman–Crippen LogP) is 16.9. The van der Waals surface area contributed by atoms with E-state index in [1.54, 1.807) is 0 Å². The molecule has 0 saturated carbocycles. The van der Waals surface area contributed by atoms with Crippen LogP contribution in [-0.4, -0.2) is 37.2 Å². The van der Waals surface area contributed by atoms with Crippen LogP contribution in [-0.2, 0) is 28.6 Å². The van der Waals surface area contributed by atoms with Crippen molar-refractivity contribution in [2.45, 2.75) is 277 Å². The van der Waals surface area contributed by atoms with E-state index in [0.29, 0.717) is 19.3 Å². The molecule has 6 heteroatoms. The standard InChI is InChI=1S/C54H98O6/c1-4-7-10-13-16-19-22-25-27-30-32-35-38-41-44-47-53(56)59-50-51(49-58-52(55)46-43-40-37-34-31-28-24-21-18-15-12-9-6-3)60-54(57)48-45-42-39-36-33-29-26-23-20-17-14-11-8-5-2/h16,19,23,25-27,51H,4-15,17-18,20-22,24,28-50H2,1-3H3/b19-16-,26-23-,27-25-/t51-/m1/s1. The number of esters is 3. The molecule has 0 fully saturated rings. The average molecular weight is 843 g/mol. The molecule has 0 amide bonds. The first-order valence-electron chi connectivity index (χ1n) is 26.0. The molecule has 0 aliphatic heterocycles. The lowest BCUT2D eigenvalue weighted by Gasteiger charge is -2.18. The lowest BCUT2D eigenvalue weighted by atomic mass is 10.0. The molecule has 0 saturated heterocycles. The molecule has 0 N–H and O–H groups in total. The van der Waals surface area contributed by atoms with Crippen LogP contribution in [0.25, 0.3) is 0 Å². The molecule has 350 valence electrons. The number of hydrogen-bond donors (Lipinski definition) is 0. The number of unbranched alkanes of at least 4 members (excludes halogenated alkanes) is 30. The topological polar surface area (TPSA) is 78.9 Å². The quantitative estimate of drug-likeness (QED) is 0.0263. The second-order valence-corrected chi connectivity index (χ2v) is 17.4. The van der Waals surface area contributed by atoms with Gasteiger partial charge in [0.15, 0.2) is 6.10 Å². The highest BCUT2D eigenvalue weighted by Crippen LogP contribution is 2.15. The third kappa shape index (κ3) is 46.7. The Morgan fingerprint density at radius 2 is 0.600 bits per heavy atom. The Morgan fingerprint density at radius 1 is 0.333 bits per heavy atom. The molecular weight excluding hydrogens is 745 g/mol. The van der Waals surface area contributed by atoms with Crippen molar-refractivity contribution in [3.63, 3.8) is 0 Å². The summed E-state index contributed by atoms with van der Waals surface area (Å²) in [6.07, 6.45) is 56.9. The fourth-order valence-corrected chi connectivity index (χ4v) is 7.41. The maximum atomic E-state index is 12.8. The van der Waals surface area contributed by atoms with Crippen LogP contribution in [0.3, 0.4) is 0 Å². The maximum absolute atomic E-state index is 12.8. The Labute approximate surface area is 372 Å². The van der Waals surface area contributed by atoms with Gasteiger partial charge in [-0.15, -0.1) is 0 Å². The lowest BCUT2D eigenvalue weighted by Crippen LogP contribution is -2.30. The minimum atomic E-state index is -0.778. The predicted molar refractivity (Wildman–Crippen MR) is 256 cm³/mol. The van der Waals surface area contributed by atoms with E-state index in [0.717, 1.165) is 83.5 Å². The summed E-state index contributed by atoms with van der Waals surface area (Å²) in [5.41, 5.74) is 0. The lowest BCUT2D eigenvalue weighted by molar-refractivity contribution is -0.167. The fraction of sp³-hybridized carbons (Fsp3) is 0.833. The van der Waals surface area contributed by atoms with E-state index < -0.39 is 6.10 Å². The van der Waals surface area contributed by atoms with E-state index in [2.05, 4.69) is 57.2 Å². The number of hydrogen-bond acceptors (Lipinski definition) is 6. The molecule has 0 aromatic carbocycles. The zero-order valence-electron chi connectivity index (χ0n) is 40.0. The van der Waals surface area contributed by atoms with Crippen LogP contribution in [0.5, 0.6) is 0 Å². The van der Waals surface area contributed by atoms with E-state index in [1.807, 2.05) is 0 Å². The molecule has 0 rings (SSSR count). The Hall–Kier alpha value is -2.37. The summed E-state index contributed by atoms with van der Waals surface area (Å²) in [4.78, 5) is 37.9. The molecular formula is C54H98O6. The number of ether oxygens (including phenoxy) is 3. The Balaban J connectivity index is 4.39. The summed E-state index contributed by atoms with van der Waals surface area (Å²) >= 11 is 0. The first kappa shape index (κ1) is 57.6. The summed E-state index contributed by atoms with van der Waals surface area (Å²) in [5.74, 6) is -0.890. The van der Waals surface area contributed by atoms with E-state index in [1.165, 1.54) is 148 Å². The van der Waals surface area contributed by atoms with Crippen LogP contribution in [0.2, 0.25) is 0 Å². The number of rotatable bonds is 47. The van der Waals surface area contributed by atoms with Gasteiger partial charge < -0.3 is 14.2 Å². The molecule has 0 heterocycles. The first-order chi connectivity index (χ1) is 29.5. The molecule has 0 aliphatic carbocycles. The van der Waals surface area contributed by atoms with Crippen molar-refractivity contribution in [2.75, 3.05) is 13.2 Å². The Kier molecular flexibility index (Phi) is 47.3. The second kappa shape index (κ2) is 49.3. The van der Waals surface area contributed by atoms with Crippen LogP contribution in [0.15, 0.2) is 36.5 Å². The van der Waals surface area contributed by atoms with Gasteiger partial charge >= 0.3 is 17.9 Å². The molecule has 1 atom stereocenters. The molecule has 0 unspecified atom stereocenters. The van der Waals surface area contributed by atoms with Gasteiger partial charge in [-0.1, -0.05) is 211 Å². The van der Waals surface area contributed by atoms with E-state index >= 15 is 0 Å². The minimum absolute atomic E-state index is 0.0771. The Morgan fingerprint density at radius 3 is 0.967 bits per heavy atom. The largest absolute Gasteiger partial charge is 0.462 e. The van der Waals surface area contributed by atoms with Crippen molar-refractivity contribution in [2.24, 2.45) is 0 Å². The van der Waals surface area contributed by atoms with Gasteiger partial charge in [-0.2, -0.15) is 0 Å². The van der Waals surface area contributed by atoms with Crippen molar-refractivity contribution < 1.29 is 28.6 Å². The first-order valence-corrected chi connectivity index (χ1v) is 26.0. The number of carbonyl (C=O) groups excluding carboxylic acids is 3. The summed E-state index contributed by atoms with van der Waals surface area (Å²) in [6, 6.07) is 0. The normalized spacial score (nSPS) is 12.2. The van der Waals surface area contributed by atoms with Gasteiger partial charge in [-0.25, -0.2) is 0 Å². The van der Waals surface area contributed by atoms with Crippen molar-refractivity contribution in [1.29, 1.82) is 0 Å². The molecule has 0 aromatic rings. The molecule has 0 bridgehead atoms. The number of allylic oxidation sites excluding steroid dienone is 6. The van der Waals surface area contributed by atoms with Gasteiger partial charge in [0.1, 0.15) is 13.2 Å². The van der Waals surface area contributed by atoms with Gasteiger partial charge in [0, 0.05) is 19.3 Å². The summed E-state index contributed by atoms with van der Waals surface area (Å²) in [7, 11) is 0. The summed E-state index contributed by atoms with van der Waals surface area (Å²) in [5, 5.41) is 0. The monoisotopic (exact) mass is 843 g/mol. The van der Waals surface area contributed by atoms with Crippen molar-refractivity contribution in [3.8, 4) is 0 Å².